The lowest BCUT2D eigenvalue weighted by atomic mass is 9.51. The topological polar surface area (TPSA) is 126 Å². The lowest BCUT2D eigenvalue weighted by Gasteiger charge is -2.53. The average molecular weight is 587 g/mol. The Morgan fingerprint density at radius 3 is 2.47 bits per heavy atom. The van der Waals surface area contributed by atoms with E-state index in [-0.39, 0.29) is 41.7 Å². The molecule has 4 saturated carbocycles. The summed E-state index contributed by atoms with van der Waals surface area (Å²) in [6.07, 6.45) is 18.2. The van der Waals surface area contributed by atoms with Gasteiger partial charge in [0.1, 0.15) is 0 Å². The van der Waals surface area contributed by atoms with Gasteiger partial charge in [0, 0.05) is 44.1 Å². The summed E-state index contributed by atoms with van der Waals surface area (Å²) < 4.78 is 0. The van der Waals surface area contributed by atoms with E-state index in [4.69, 9.17) is 11.5 Å². The standard InChI is InChI=1S/C35H50N6O2/c36-35(37)38-14-7-12-31-34(43)41(22-30(25-8-3-1-4-9-25)26-10-5-2-6-11-26)15-13-29(40-31)21-39-33(42)32-27-17-23-16-24(19-27)20-28(32)18-23/h1-6,8-10,23-24,26-32,40H,7,11-22H2,(H,39,42)(H4,36,37,38)/t23?,24?,26?,27?,28?,29-,30?,31-,32?/m0/s1. The number of benzene rings is 1. The van der Waals surface area contributed by atoms with Crippen molar-refractivity contribution >= 4 is 17.8 Å². The Morgan fingerprint density at radius 1 is 1.05 bits per heavy atom. The van der Waals surface area contributed by atoms with E-state index in [9.17, 15) is 9.59 Å². The minimum atomic E-state index is -0.335. The first-order chi connectivity index (χ1) is 20.9. The molecule has 1 aromatic carbocycles. The molecule has 5 fully saturated rings. The molecule has 6 aliphatic rings. The molecule has 4 bridgehead atoms. The summed E-state index contributed by atoms with van der Waals surface area (Å²) in [5.41, 5.74) is 12.4. The SMILES string of the molecule is NC(N)=NCCC[C@@H]1N[C@H](CNC(=O)C2C3CC4CC(C3)CC2C4)CCN(CC(c2ccccc2)C2C=CC=CC2)C1=O. The van der Waals surface area contributed by atoms with Crippen LogP contribution in [0.5, 0.6) is 0 Å². The predicted octanol–water partition coefficient (Wildman–Crippen LogP) is 3.70. The van der Waals surface area contributed by atoms with E-state index in [1.54, 1.807) is 0 Å². The maximum absolute atomic E-state index is 14.1. The normalized spacial score (nSPS) is 33.7. The molecule has 4 atom stereocenters. The van der Waals surface area contributed by atoms with Gasteiger partial charge in [-0.2, -0.15) is 0 Å². The minimum Gasteiger partial charge on any atom is -0.370 e. The smallest absolute Gasteiger partial charge is 0.239 e. The number of guanidine groups is 1. The van der Waals surface area contributed by atoms with Gasteiger partial charge >= 0.3 is 0 Å². The number of amides is 2. The molecule has 1 saturated heterocycles. The zero-order valence-electron chi connectivity index (χ0n) is 25.5. The van der Waals surface area contributed by atoms with Crippen LogP contribution in [0.2, 0.25) is 0 Å². The molecule has 6 N–H and O–H groups in total. The Balaban J connectivity index is 1.13. The molecule has 8 heteroatoms. The number of carbonyl (C=O) groups excluding carboxylic acids is 2. The van der Waals surface area contributed by atoms with Crippen LogP contribution in [0.25, 0.3) is 0 Å². The number of nitrogens with one attached hydrogen (secondary N) is 2. The van der Waals surface area contributed by atoms with Crippen LogP contribution in [0.4, 0.5) is 0 Å². The summed E-state index contributed by atoms with van der Waals surface area (Å²) in [6, 6.07) is 10.3. The summed E-state index contributed by atoms with van der Waals surface area (Å²) in [5, 5.41) is 7.01. The van der Waals surface area contributed by atoms with Crippen molar-refractivity contribution in [3.8, 4) is 0 Å². The lowest BCUT2D eigenvalue weighted by molar-refractivity contribution is -0.138. The Bertz CT molecular complexity index is 1180. The maximum atomic E-state index is 14.1. The Labute approximate surface area is 256 Å². The number of aliphatic imine (C=N–C) groups is 1. The summed E-state index contributed by atoms with van der Waals surface area (Å²) in [4.78, 5) is 33.8. The molecular weight excluding hydrogens is 536 g/mol. The van der Waals surface area contributed by atoms with E-state index >= 15 is 0 Å². The van der Waals surface area contributed by atoms with Crippen LogP contribution in [-0.2, 0) is 9.59 Å². The van der Waals surface area contributed by atoms with Gasteiger partial charge in [-0.05, 0) is 92.9 Å². The van der Waals surface area contributed by atoms with Crippen molar-refractivity contribution in [2.75, 3.05) is 26.2 Å². The molecule has 8 nitrogen and oxygen atoms in total. The lowest BCUT2D eigenvalue weighted by Crippen LogP contribution is -2.53. The molecule has 1 aromatic rings. The van der Waals surface area contributed by atoms with Gasteiger partial charge in [0.05, 0.1) is 6.04 Å². The molecule has 0 radical (unpaired) electrons. The van der Waals surface area contributed by atoms with Crippen molar-refractivity contribution in [1.82, 2.24) is 15.5 Å². The highest BCUT2D eigenvalue weighted by molar-refractivity contribution is 5.82. The Morgan fingerprint density at radius 2 is 1.79 bits per heavy atom. The molecule has 232 valence electrons. The zero-order valence-corrected chi connectivity index (χ0v) is 25.5. The van der Waals surface area contributed by atoms with Crippen molar-refractivity contribution < 1.29 is 9.59 Å². The molecule has 1 heterocycles. The first-order valence-electron chi connectivity index (χ1n) is 16.7. The summed E-state index contributed by atoms with van der Waals surface area (Å²) in [6.45, 7) is 2.40. The summed E-state index contributed by atoms with van der Waals surface area (Å²) in [5.74, 6) is 4.02. The molecular formula is C35H50N6O2. The molecule has 7 rings (SSSR count). The second-order valence-corrected chi connectivity index (χ2v) is 13.9. The third kappa shape index (κ3) is 7.17. The number of carbonyl (C=O) groups is 2. The van der Waals surface area contributed by atoms with E-state index in [1.807, 2.05) is 6.07 Å². The maximum Gasteiger partial charge on any atom is 0.239 e. The molecule has 2 unspecified atom stereocenters. The fourth-order valence-electron chi connectivity index (χ4n) is 9.15. The van der Waals surface area contributed by atoms with Gasteiger partial charge in [0.15, 0.2) is 5.96 Å². The van der Waals surface area contributed by atoms with Gasteiger partial charge in [-0.1, -0.05) is 54.6 Å². The Hall–Kier alpha value is -3.13. The highest BCUT2D eigenvalue weighted by atomic mass is 16.2. The summed E-state index contributed by atoms with van der Waals surface area (Å²) in [7, 11) is 0. The second-order valence-electron chi connectivity index (χ2n) is 13.9. The van der Waals surface area contributed by atoms with Gasteiger partial charge in [0.2, 0.25) is 11.8 Å². The van der Waals surface area contributed by atoms with E-state index in [1.165, 1.54) is 37.7 Å². The van der Waals surface area contributed by atoms with Crippen LogP contribution >= 0.6 is 0 Å². The van der Waals surface area contributed by atoms with Gasteiger partial charge in [0.25, 0.3) is 0 Å². The summed E-state index contributed by atoms with van der Waals surface area (Å²) >= 11 is 0. The highest BCUT2D eigenvalue weighted by Gasteiger charge is 2.50. The number of nitrogens with zero attached hydrogens (tertiary/aromatic N) is 2. The van der Waals surface area contributed by atoms with Crippen LogP contribution in [0.3, 0.4) is 0 Å². The van der Waals surface area contributed by atoms with Gasteiger partial charge in [-0.3, -0.25) is 14.6 Å². The van der Waals surface area contributed by atoms with Crippen LogP contribution in [-0.4, -0.2) is 60.9 Å². The molecule has 1 aliphatic heterocycles. The number of nitrogens with two attached hydrogens (primary N) is 2. The highest BCUT2D eigenvalue weighted by Crippen LogP contribution is 2.56. The number of hydrogen-bond acceptors (Lipinski definition) is 4. The molecule has 43 heavy (non-hydrogen) atoms. The molecule has 5 aliphatic carbocycles. The predicted molar refractivity (Wildman–Crippen MR) is 171 cm³/mol. The third-order valence-corrected chi connectivity index (χ3v) is 11.0. The molecule has 0 aromatic heterocycles. The average Bonchev–Trinajstić information content (AvgIpc) is 3.15. The largest absolute Gasteiger partial charge is 0.370 e. The number of allylic oxidation sites excluding steroid dienone is 4. The van der Waals surface area contributed by atoms with E-state index in [0.29, 0.717) is 56.8 Å². The monoisotopic (exact) mass is 586 g/mol. The first-order valence-corrected chi connectivity index (χ1v) is 16.7. The number of rotatable bonds is 11. The third-order valence-electron chi connectivity index (χ3n) is 11.0. The van der Waals surface area contributed by atoms with Crippen LogP contribution in [0, 0.1) is 35.5 Å². The van der Waals surface area contributed by atoms with E-state index in [2.05, 4.69) is 69.1 Å². The zero-order chi connectivity index (χ0) is 29.8. The van der Waals surface area contributed by atoms with Crippen molar-refractivity contribution in [3.05, 3.63) is 60.2 Å². The van der Waals surface area contributed by atoms with Crippen LogP contribution in [0.1, 0.15) is 69.3 Å². The van der Waals surface area contributed by atoms with E-state index in [0.717, 1.165) is 24.7 Å². The van der Waals surface area contributed by atoms with Crippen LogP contribution < -0.4 is 22.1 Å². The van der Waals surface area contributed by atoms with Crippen molar-refractivity contribution in [2.24, 2.45) is 52.0 Å². The van der Waals surface area contributed by atoms with Crippen molar-refractivity contribution in [2.45, 2.75) is 75.8 Å². The molecule has 0 spiro atoms. The quantitative estimate of drug-likeness (QED) is 0.179. The Kier molecular flexibility index (Phi) is 9.51. The van der Waals surface area contributed by atoms with Gasteiger partial charge in [-0.25, -0.2) is 0 Å². The van der Waals surface area contributed by atoms with Gasteiger partial charge < -0.3 is 27.0 Å². The van der Waals surface area contributed by atoms with Crippen molar-refractivity contribution in [1.29, 1.82) is 0 Å². The fourth-order valence-corrected chi connectivity index (χ4v) is 9.15. The van der Waals surface area contributed by atoms with E-state index < -0.39 is 0 Å². The fraction of sp³-hybridized carbons (Fsp3) is 0.629. The first kappa shape index (κ1) is 29.9. The second kappa shape index (κ2) is 13.7. The van der Waals surface area contributed by atoms with Gasteiger partial charge in [-0.15, -0.1) is 0 Å². The van der Waals surface area contributed by atoms with Crippen molar-refractivity contribution in [3.63, 3.8) is 0 Å². The number of hydrogen-bond donors (Lipinski definition) is 4. The van der Waals surface area contributed by atoms with Crippen LogP contribution in [0.15, 0.2) is 59.6 Å². The molecule has 2 amide bonds. The minimum absolute atomic E-state index is 0.0375.